The number of rotatable bonds is 7. The van der Waals surface area contributed by atoms with Crippen LogP contribution in [0.4, 0.5) is 4.39 Å². The molecule has 0 bridgehead atoms. The SMILES string of the molecule is COCCOCCOCF. The van der Waals surface area contributed by atoms with Gasteiger partial charge in [0.05, 0.1) is 26.4 Å². The molecule has 4 heteroatoms. The van der Waals surface area contributed by atoms with Crippen LogP contribution >= 0.6 is 0 Å². The summed E-state index contributed by atoms with van der Waals surface area (Å²) in [7, 11) is 1.60. The fourth-order valence-corrected chi connectivity index (χ4v) is 0.417. The summed E-state index contributed by atoms with van der Waals surface area (Å²) in [6.45, 7) is 1.09. The van der Waals surface area contributed by atoms with Gasteiger partial charge in [0.1, 0.15) is 0 Å². The topological polar surface area (TPSA) is 27.7 Å². The van der Waals surface area contributed by atoms with Gasteiger partial charge in [0.2, 0.25) is 0 Å². The molecule has 0 saturated heterocycles. The minimum Gasteiger partial charge on any atom is -0.382 e. The fraction of sp³-hybridized carbons (Fsp3) is 1.00. The van der Waals surface area contributed by atoms with Crippen molar-refractivity contribution in [2.45, 2.75) is 0 Å². The maximum Gasteiger partial charge on any atom is 0.188 e. The van der Waals surface area contributed by atoms with Gasteiger partial charge < -0.3 is 14.2 Å². The number of methoxy groups -OCH3 is 1. The predicted octanol–water partition coefficient (Wildman–Crippen LogP) is 0.593. The summed E-state index contributed by atoms with van der Waals surface area (Å²) in [5.41, 5.74) is 0. The molecule has 0 saturated carbocycles. The van der Waals surface area contributed by atoms with Crippen molar-refractivity contribution >= 4 is 0 Å². The van der Waals surface area contributed by atoms with E-state index >= 15 is 0 Å². The Bertz CT molecular complexity index is 53.0. The zero-order valence-electron chi connectivity index (χ0n) is 6.14. The fourth-order valence-electron chi connectivity index (χ4n) is 0.417. The summed E-state index contributed by atoms with van der Waals surface area (Å²) >= 11 is 0. The van der Waals surface area contributed by atoms with E-state index in [0.717, 1.165) is 0 Å². The number of alkyl halides is 1. The van der Waals surface area contributed by atoms with Crippen LogP contribution in [0.15, 0.2) is 0 Å². The molecule has 3 nitrogen and oxygen atoms in total. The van der Waals surface area contributed by atoms with Gasteiger partial charge in [0.25, 0.3) is 0 Å². The van der Waals surface area contributed by atoms with Gasteiger partial charge >= 0.3 is 0 Å². The smallest absolute Gasteiger partial charge is 0.188 e. The lowest BCUT2D eigenvalue weighted by atomic mass is 10.7. The highest BCUT2D eigenvalue weighted by atomic mass is 19.1. The summed E-state index contributed by atoms with van der Waals surface area (Å²) in [6.07, 6.45) is 0. The lowest BCUT2D eigenvalue weighted by Crippen LogP contribution is -2.07. The van der Waals surface area contributed by atoms with Crippen molar-refractivity contribution in [1.29, 1.82) is 0 Å². The van der Waals surface area contributed by atoms with Crippen LogP contribution in [0.1, 0.15) is 0 Å². The molecule has 0 N–H and O–H groups in total. The molecule has 0 radical (unpaired) electrons. The van der Waals surface area contributed by atoms with Gasteiger partial charge in [-0.05, 0) is 0 Å². The molecule has 0 unspecified atom stereocenters. The van der Waals surface area contributed by atoms with Crippen LogP contribution in [0.25, 0.3) is 0 Å². The first kappa shape index (κ1) is 9.81. The molecule has 0 spiro atoms. The normalized spacial score (nSPS) is 10.2. The van der Waals surface area contributed by atoms with Gasteiger partial charge in [-0.3, -0.25) is 0 Å². The molecule has 0 aliphatic heterocycles. The summed E-state index contributed by atoms with van der Waals surface area (Å²) in [5.74, 6) is 0. The first-order valence-corrected chi connectivity index (χ1v) is 3.12. The second-order valence-corrected chi connectivity index (χ2v) is 1.62. The maximum atomic E-state index is 11.3. The van der Waals surface area contributed by atoms with Crippen molar-refractivity contribution in [2.24, 2.45) is 0 Å². The van der Waals surface area contributed by atoms with E-state index < -0.39 is 6.86 Å². The first-order valence-electron chi connectivity index (χ1n) is 3.12. The molecule has 62 valence electrons. The summed E-state index contributed by atoms with van der Waals surface area (Å²) in [6, 6.07) is 0. The van der Waals surface area contributed by atoms with Crippen LogP contribution in [0.5, 0.6) is 0 Å². The van der Waals surface area contributed by atoms with E-state index in [0.29, 0.717) is 26.4 Å². The number of ether oxygens (including phenoxy) is 3. The van der Waals surface area contributed by atoms with Crippen LogP contribution in [0, 0.1) is 0 Å². The largest absolute Gasteiger partial charge is 0.382 e. The lowest BCUT2D eigenvalue weighted by Gasteiger charge is -2.01. The third kappa shape index (κ3) is 7.81. The number of halogens is 1. The monoisotopic (exact) mass is 152 g/mol. The van der Waals surface area contributed by atoms with Crippen LogP contribution < -0.4 is 0 Å². The molecule has 0 aromatic carbocycles. The first-order chi connectivity index (χ1) is 4.91. The van der Waals surface area contributed by atoms with Gasteiger partial charge in [0, 0.05) is 7.11 Å². The van der Waals surface area contributed by atoms with Crippen molar-refractivity contribution < 1.29 is 18.6 Å². The highest BCUT2D eigenvalue weighted by molar-refractivity contribution is 4.28. The molecule has 0 aromatic heterocycles. The molecule has 0 aliphatic carbocycles. The van der Waals surface area contributed by atoms with Gasteiger partial charge in [0.15, 0.2) is 6.86 Å². The minimum absolute atomic E-state index is 0.306. The molecule has 0 aromatic rings. The van der Waals surface area contributed by atoms with Crippen molar-refractivity contribution in [2.75, 3.05) is 40.4 Å². The van der Waals surface area contributed by atoms with Crippen LogP contribution in [0.2, 0.25) is 0 Å². The predicted molar refractivity (Wildman–Crippen MR) is 34.6 cm³/mol. The number of hydrogen-bond donors (Lipinski definition) is 0. The van der Waals surface area contributed by atoms with Crippen molar-refractivity contribution in [3.8, 4) is 0 Å². The summed E-state index contributed by atoms with van der Waals surface area (Å²) in [4.78, 5) is 0. The maximum absolute atomic E-state index is 11.3. The van der Waals surface area contributed by atoms with Crippen LogP contribution in [-0.4, -0.2) is 40.4 Å². The average Bonchev–Trinajstić information content (AvgIpc) is 1.97. The van der Waals surface area contributed by atoms with Crippen LogP contribution in [-0.2, 0) is 14.2 Å². The molecule has 10 heavy (non-hydrogen) atoms. The standard InChI is InChI=1S/C6H13FO3/c1-8-2-3-9-4-5-10-6-7/h2-6H2,1H3. The van der Waals surface area contributed by atoms with E-state index in [4.69, 9.17) is 9.47 Å². The van der Waals surface area contributed by atoms with E-state index in [2.05, 4.69) is 4.74 Å². The Balaban J connectivity index is 2.65. The Labute approximate surface area is 60.1 Å². The molecule has 0 amide bonds. The summed E-state index contributed by atoms with van der Waals surface area (Å²) < 4.78 is 25.3. The Morgan fingerprint density at radius 3 is 2.20 bits per heavy atom. The lowest BCUT2D eigenvalue weighted by molar-refractivity contribution is -0.00173. The number of hydrogen-bond acceptors (Lipinski definition) is 3. The van der Waals surface area contributed by atoms with E-state index in [1.165, 1.54) is 0 Å². The van der Waals surface area contributed by atoms with Crippen molar-refractivity contribution in [3.05, 3.63) is 0 Å². The van der Waals surface area contributed by atoms with Gasteiger partial charge in [-0.1, -0.05) is 0 Å². The molecular weight excluding hydrogens is 139 g/mol. The van der Waals surface area contributed by atoms with E-state index in [9.17, 15) is 4.39 Å². The van der Waals surface area contributed by atoms with E-state index in [1.54, 1.807) is 7.11 Å². The van der Waals surface area contributed by atoms with Gasteiger partial charge in [-0.25, -0.2) is 4.39 Å². The van der Waals surface area contributed by atoms with Crippen molar-refractivity contribution in [1.82, 2.24) is 0 Å². The Hall–Kier alpha value is -0.190. The zero-order valence-corrected chi connectivity index (χ0v) is 6.14. The minimum atomic E-state index is -0.742. The molecule has 0 fully saturated rings. The zero-order chi connectivity index (χ0) is 7.66. The van der Waals surface area contributed by atoms with Crippen molar-refractivity contribution in [3.63, 3.8) is 0 Å². The second-order valence-electron chi connectivity index (χ2n) is 1.62. The van der Waals surface area contributed by atoms with Crippen LogP contribution in [0.3, 0.4) is 0 Å². The highest BCUT2D eigenvalue weighted by Gasteiger charge is 1.87. The molecule has 0 aliphatic rings. The quantitative estimate of drug-likeness (QED) is 0.500. The molecule has 0 heterocycles. The third-order valence-electron chi connectivity index (χ3n) is 0.881. The summed E-state index contributed by atoms with van der Waals surface area (Å²) in [5, 5.41) is 0. The van der Waals surface area contributed by atoms with E-state index in [1.807, 2.05) is 0 Å². The van der Waals surface area contributed by atoms with Gasteiger partial charge in [-0.2, -0.15) is 0 Å². The Morgan fingerprint density at radius 1 is 1.00 bits per heavy atom. The highest BCUT2D eigenvalue weighted by Crippen LogP contribution is 1.78. The third-order valence-corrected chi connectivity index (χ3v) is 0.881. The van der Waals surface area contributed by atoms with E-state index in [-0.39, 0.29) is 0 Å². The Kier molecular flexibility index (Phi) is 8.64. The Morgan fingerprint density at radius 2 is 1.60 bits per heavy atom. The molecule has 0 atom stereocenters. The molecular formula is C6H13FO3. The second kappa shape index (κ2) is 8.81. The average molecular weight is 152 g/mol. The molecule has 0 rings (SSSR count). The van der Waals surface area contributed by atoms with Gasteiger partial charge in [-0.15, -0.1) is 0 Å².